The number of hydrogen-bond donors (Lipinski definition) is 1. The zero-order valence-electron chi connectivity index (χ0n) is 20.2. The zero-order chi connectivity index (χ0) is 25.6. The summed E-state index contributed by atoms with van der Waals surface area (Å²) in [6.07, 6.45) is 0.146. The summed E-state index contributed by atoms with van der Waals surface area (Å²) in [4.78, 5) is 40.8. The Morgan fingerprint density at radius 3 is 2.47 bits per heavy atom. The van der Waals surface area contributed by atoms with Crippen molar-refractivity contribution in [1.29, 1.82) is 0 Å². The SMILES string of the molecule is Cc1ccc(N2C[C@H](C(=O)N3CCN(S(=O)(=O)c4ccc5c(c4)NC(=O)CO5)CC3)CC2=O)cc1C. The predicted octanol–water partition coefficient (Wildman–Crippen LogP) is 1.52. The smallest absolute Gasteiger partial charge is 0.262 e. The van der Waals surface area contributed by atoms with E-state index in [-0.39, 0.29) is 61.8 Å². The molecule has 0 unspecified atom stereocenters. The second-order valence-corrected chi connectivity index (χ2v) is 11.3. The number of amides is 3. The molecule has 0 radical (unpaired) electrons. The molecule has 0 spiro atoms. The number of fused-ring (bicyclic) bond motifs is 1. The maximum Gasteiger partial charge on any atom is 0.262 e. The molecule has 190 valence electrons. The van der Waals surface area contributed by atoms with E-state index in [1.54, 1.807) is 9.80 Å². The third-order valence-corrected chi connectivity index (χ3v) is 8.94. The molecular formula is C25H28N4O6S. The first-order valence-corrected chi connectivity index (χ1v) is 13.3. The van der Waals surface area contributed by atoms with Crippen molar-refractivity contribution >= 4 is 39.1 Å². The van der Waals surface area contributed by atoms with Crippen LogP contribution in [-0.4, -0.2) is 74.7 Å². The molecule has 1 atom stereocenters. The molecular weight excluding hydrogens is 484 g/mol. The van der Waals surface area contributed by atoms with Gasteiger partial charge in [-0.3, -0.25) is 14.4 Å². The second-order valence-electron chi connectivity index (χ2n) is 9.40. The van der Waals surface area contributed by atoms with Crippen molar-refractivity contribution in [3.63, 3.8) is 0 Å². The number of anilines is 2. The minimum absolute atomic E-state index is 0.0530. The Hall–Kier alpha value is -3.44. The zero-order valence-corrected chi connectivity index (χ0v) is 21.0. The van der Waals surface area contributed by atoms with E-state index in [1.165, 1.54) is 22.5 Å². The molecule has 3 aliphatic heterocycles. The van der Waals surface area contributed by atoms with Crippen molar-refractivity contribution in [3.05, 3.63) is 47.5 Å². The highest BCUT2D eigenvalue weighted by Gasteiger charge is 2.39. The number of rotatable bonds is 4. The monoisotopic (exact) mass is 512 g/mol. The molecule has 3 amide bonds. The number of hydrogen-bond acceptors (Lipinski definition) is 6. The van der Waals surface area contributed by atoms with Gasteiger partial charge >= 0.3 is 0 Å². The van der Waals surface area contributed by atoms with E-state index in [9.17, 15) is 22.8 Å². The maximum absolute atomic E-state index is 13.2. The highest BCUT2D eigenvalue weighted by atomic mass is 32.2. The molecule has 0 bridgehead atoms. The molecule has 0 aromatic heterocycles. The summed E-state index contributed by atoms with van der Waals surface area (Å²) < 4.78 is 33.0. The van der Waals surface area contributed by atoms with Gasteiger partial charge in [-0.1, -0.05) is 6.07 Å². The lowest BCUT2D eigenvalue weighted by atomic mass is 10.1. The number of nitrogens with zero attached hydrogens (tertiary/aromatic N) is 3. The minimum atomic E-state index is -3.82. The molecule has 2 fully saturated rings. The van der Waals surface area contributed by atoms with E-state index in [0.29, 0.717) is 18.0 Å². The summed E-state index contributed by atoms with van der Waals surface area (Å²) in [6, 6.07) is 10.2. The van der Waals surface area contributed by atoms with Crippen LogP contribution in [0.5, 0.6) is 5.75 Å². The van der Waals surface area contributed by atoms with Crippen LogP contribution >= 0.6 is 0 Å². The second kappa shape index (κ2) is 9.21. The first-order valence-electron chi connectivity index (χ1n) is 11.9. The van der Waals surface area contributed by atoms with E-state index in [2.05, 4.69) is 5.32 Å². The summed E-state index contributed by atoms with van der Waals surface area (Å²) in [5.41, 5.74) is 3.34. The molecule has 0 aliphatic carbocycles. The van der Waals surface area contributed by atoms with Gasteiger partial charge in [0.25, 0.3) is 5.91 Å². The topological polar surface area (TPSA) is 116 Å². The molecule has 10 nitrogen and oxygen atoms in total. The van der Waals surface area contributed by atoms with Gasteiger partial charge in [0.05, 0.1) is 16.5 Å². The molecule has 3 aliphatic rings. The Bertz CT molecular complexity index is 1350. The van der Waals surface area contributed by atoms with Crippen LogP contribution in [0.3, 0.4) is 0 Å². The molecule has 1 N–H and O–H groups in total. The Labute approximate surface area is 209 Å². The fourth-order valence-electron chi connectivity index (χ4n) is 4.79. The number of sulfonamides is 1. The normalized spacial score (nSPS) is 20.7. The van der Waals surface area contributed by atoms with Crippen LogP contribution in [0.15, 0.2) is 41.3 Å². The number of aryl methyl sites for hydroxylation is 2. The first kappa shape index (κ1) is 24.3. The molecule has 0 saturated carbocycles. The van der Waals surface area contributed by atoms with Gasteiger partial charge in [0.2, 0.25) is 21.8 Å². The van der Waals surface area contributed by atoms with Crippen molar-refractivity contribution in [2.24, 2.45) is 5.92 Å². The molecule has 2 aromatic rings. The number of piperazine rings is 1. The Kier molecular flexibility index (Phi) is 6.21. The standard InChI is InChI=1S/C25H28N4O6S/c1-16-3-4-19(11-17(16)2)29-14-18(12-24(29)31)25(32)27-7-9-28(10-8-27)36(33,34)20-5-6-22-21(13-20)26-23(30)15-35-22/h3-6,11,13,18H,7-10,12,14-15H2,1-2H3,(H,26,30)/t18-/m1/s1. The van der Waals surface area contributed by atoms with Gasteiger partial charge in [-0.25, -0.2) is 8.42 Å². The Balaban J connectivity index is 1.22. The third kappa shape index (κ3) is 4.44. The lowest BCUT2D eigenvalue weighted by molar-refractivity contribution is -0.137. The van der Waals surface area contributed by atoms with Crippen LogP contribution < -0.4 is 15.0 Å². The molecule has 3 heterocycles. The van der Waals surface area contributed by atoms with E-state index in [4.69, 9.17) is 4.74 Å². The van der Waals surface area contributed by atoms with Gasteiger partial charge in [0, 0.05) is 44.8 Å². The first-order chi connectivity index (χ1) is 17.1. The predicted molar refractivity (Wildman–Crippen MR) is 132 cm³/mol. The van der Waals surface area contributed by atoms with Crippen LogP contribution in [-0.2, 0) is 24.4 Å². The van der Waals surface area contributed by atoms with E-state index in [1.807, 2.05) is 32.0 Å². The molecule has 5 rings (SSSR count). The van der Waals surface area contributed by atoms with Crippen LogP contribution in [0.25, 0.3) is 0 Å². The van der Waals surface area contributed by atoms with Crippen molar-refractivity contribution < 1.29 is 27.5 Å². The van der Waals surface area contributed by atoms with E-state index < -0.39 is 15.9 Å². The number of ether oxygens (including phenoxy) is 1. The average Bonchev–Trinajstić information content (AvgIpc) is 3.26. The van der Waals surface area contributed by atoms with Gasteiger partial charge in [0.1, 0.15) is 5.75 Å². The summed E-state index contributed by atoms with van der Waals surface area (Å²) >= 11 is 0. The quantitative estimate of drug-likeness (QED) is 0.664. The van der Waals surface area contributed by atoms with Crippen molar-refractivity contribution in [2.75, 3.05) is 49.5 Å². The van der Waals surface area contributed by atoms with E-state index in [0.717, 1.165) is 16.8 Å². The summed E-state index contributed by atoms with van der Waals surface area (Å²) in [5, 5.41) is 2.62. The maximum atomic E-state index is 13.2. The van der Waals surface area contributed by atoms with Gasteiger partial charge in [-0.2, -0.15) is 4.31 Å². The lowest BCUT2D eigenvalue weighted by Gasteiger charge is -2.35. The fourth-order valence-corrected chi connectivity index (χ4v) is 6.24. The van der Waals surface area contributed by atoms with Crippen LogP contribution in [0.2, 0.25) is 0 Å². The summed E-state index contributed by atoms with van der Waals surface area (Å²) in [6.45, 7) is 5.00. The van der Waals surface area contributed by atoms with E-state index >= 15 is 0 Å². The number of carbonyl (C=O) groups excluding carboxylic acids is 3. The largest absolute Gasteiger partial charge is 0.482 e. The molecule has 2 saturated heterocycles. The summed E-state index contributed by atoms with van der Waals surface area (Å²) in [7, 11) is -3.82. The third-order valence-electron chi connectivity index (χ3n) is 7.05. The Morgan fingerprint density at radius 2 is 1.75 bits per heavy atom. The minimum Gasteiger partial charge on any atom is -0.482 e. The van der Waals surface area contributed by atoms with Crippen LogP contribution in [0.1, 0.15) is 17.5 Å². The molecule has 11 heteroatoms. The summed E-state index contributed by atoms with van der Waals surface area (Å²) in [5.74, 6) is -0.580. The van der Waals surface area contributed by atoms with Gasteiger partial charge in [-0.15, -0.1) is 0 Å². The number of benzene rings is 2. The van der Waals surface area contributed by atoms with Gasteiger partial charge < -0.3 is 19.9 Å². The lowest BCUT2D eigenvalue weighted by Crippen LogP contribution is -2.52. The van der Waals surface area contributed by atoms with Crippen LogP contribution in [0, 0.1) is 19.8 Å². The Morgan fingerprint density at radius 1 is 1.00 bits per heavy atom. The van der Waals surface area contributed by atoms with Crippen molar-refractivity contribution in [2.45, 2.75) is 25.2 Å². The highest BCUT2D eigenvalue weighted by molar-refractivity contribution is 7.89. The highest BCUT2D eigenvalue weighted by Crippen LogP contribution is 2.32. The van der Waals surface area contributed by atoms with Gasteiger partial charge in [-0.05, 0) is 55.3 Å². The van der Waals surface area contributed by atoms with Crippen LogP contribution in [0.4, 0.5) is 11.4 Å². The number of carbonyl (C=O) groups is 3. The molecule has 36 heavy (non-hydrogen) atoms. The average molecular weight is 513 g/mol. The fraction of sp³-hybridized carbons (Fsp3) is 0.400. The van der Waals surface area contributed by atoms with Crippen molar-refractivity contribution in [3.8, 4) is 5.75 Å². The molecule has 2 aromatic carbocycles. The van der Waals surface area contributed by atoms with Gasteiger partial charge in [0.15, 0.2) is 6.61 Å². The number of nitrogens with one attached hydrogen (secondary N) is 1. The van der Waals surface area contributed by atoms with Crippen molar-refractivity contribution in [1.82, 2.24) is 9.21 Å².